The first-order valence-electron chi connectivity index (χ1n) is 12.1. The van der Waals surface area contributed by atoms with E-state index in [1.165, 1.54) is 30.6 Å². The maximum Gasteiger partial charge on any atom is 0.433 e. The van der Waals surface area contributed by atoms with Gasteiger partial charge in [-0.3, -0.25) is 4.68 Å². The van der Waals surface area contributed by atoms with Crippen molar-refractivity contribution >= 4 is 19.9 Å². The van der Waals surface area contributed by atoms with E-state index in [-0.39, 0.29) is 45.0 Å². The molecular formula is C26H28ClF4N5O2Si. The molecular weight excluding hydrogens is 554 g/mol. The van der Waals surface area contributed by atoms with Crippen molar-refractivity contribution in [2.75, 3.05) is 0 Å². The smallest absolute Gasteiger partial charge is 0.412 e. The summed E-state index contributed by atoms with van der Waals surface area (Å²) in [6, 6.07) is 5.54. The number of rotatable bonds is 7. The summed E-state index contributed by atoms with van der Waals surface area (Å²) in [5, 5.41) is 7.84. The Morgan fingerprint density at radius 3 is 2.33 bits per heavy atom. The van der Waals surface area contributed by atoms with Crippen LogP contribution in [0.5, 0.6) is 0 Å². The molecule has 1 aromatic carbocycles. The lowest BCUT2D eigenvalue weighted by molar-refractivity contribution is -0.144. The molecule has 0 N–H and O–H groups in total. The molecule has 4 rings (SSSR count). The molecule has 208 valence electrons. The lowest BCUT2D eigenvalue weighted by Gasteiger charge is -2.38. The molecule has 0 radical (unpaired) electrons. The minimum Gasteiger partial charge on any atom is -0.412 e. The van der Waals surface area contributed by atoms with Crippen molar-refractivity contribution in [1.82, 2.24) is 24.9 Å². The largest absolute Gasteiger partial charge is 0.433 e. The third-order valence-electron chi connectivity index (χ3n) is 6.77. The number of halogens is 5. The van der Waals surface area contributed by atoms with Crippen molar-refractivity contribution in [2.45, 2.75) is 64.7 Å². The maximum atomic E-state index is 14.9. The second-order valence-corrected chi connectivity index (χ2v) is 15.8. The molecule has 13 heteroatoms. The summed E-state index contributed by atoms with van der Waals surface area (Å²) in [5.74, 6) is -1.06. The van der Waals surface area contributed by atoms with Crippen molar-refractivity contribution < 1.29 is 26.5 Å². The fourth-order valence-electron chi connectivity index (χ4n) is 3.95. The van der Waals surface area contributed by atoms with E-state index in [1.54, 1.807) is 6.92 Å². The van der Waals surface area contributed by atoms with Crippen LogP contribution in [-0.4, -0.2) is 39.3 Å². The van der Waals surface area contributed by atoms with E-state index in [0.717, 1.165) is 16.9 Å². The summed E-state index contributed by atoms with van der Waals surface area (Å²) < 4.78 is 71.0. The predicted molar refractivity (Wildman–Crippen MR) is 142 cm³/mol. The van der Waals surface area contributed by atoms with Crippen LogP contribution >= 0.6 is 11.6 Å². The summed E-state index contributed by atoms with van der Waals surface area (Å²) in [4.78, 5) is 8.33. The molecule has 3 aromatic heterocycles. The van der Waals surface area contributed by atoms with Gasteiger partial charge in [-0.1, -0.05) is 43.6 Å². The zero-order valence-electron chi connectivity index (χ0n) is 22.3. The molecule has 1 unspecified atom stereocenters. The van der Waals surface area contributed by atoms with Crippen LogP contribution in [0.15, 0.2) is 47.4 Å². The molecule has 0 aliphatic heterocycles. The zero-order chi connectivity index (χ0) is 28.8. The molecule has 0 saturated heterocycles. The topological polar surface area (TPSA) is 78.9 Å². The highest BCUT2D eigenvalue weighted by atomic mass is 35.5. The van der Waals surface area contributed by atoms with Crippen LogP contribution in [0.1, 0.15) is 33.4 Å². The van der Waals surface area contributed by atoms with Gasteiger partial charge in [0.15, 0.2) is 25.6 Å². The number of alkyl halides is 3. The average molecular weight is 582 g/mol. The second-order valence-electron chi connectivity index (χ2n) is 10.7. The highest BCUT2D eigenvalue weighted by Crippen LogP contribution is 2.45. The Balaban J connectivity index is 1.87. The number of benzene rings is 1. The van der Waals surface area contributed by atoms with Crippen LogP contribution in [0.3, 0.4) is 0 Å². The molecule has 7 nitrogen and oxygen atoms in total. The monoisotopic (exact) mass is 581 g/mol. The molecule has 0 spiro atoms. The fraction of sp³-hybridized carbons (Fsp3) is 0.385. The van der Waals surface area contributed by atoms with E-state index < -0.39 is 37.7 Å². The standard InChI is InChI=1S/C26H28ClF4N5O2Si/c1-15(38-39(5,6)25(2,3)4)14-36-23(26(29,30)31)16(13-34-36)22-20(24-32-11-8-12-33-24)21(35-37-22)19-17(27)9-7-10-18(19)28/h7-13,15H,14H2,1-6H3. The van der Waals surface area contributed by atoms with Gasteiger partial charge in [-0.05, 0) is 43.3 Å². The number of nitrogens with zero attached hydrogens (tertiary/aromatic N) is 5. The fourth-order valence-corrected chi connectivity index (χ4v) is 5.64. The van der Waals surface area contributed by atoms with Gasteiger partial charge in [-0.25, -0.2) is 14.4 Å². The summed E-state index contributed by atoms with van der Waals surface area (Å²) in [6.07, 6.45) is -1.53. The number of hydrogen-bond donors (Lipinski definition) is 0. The lowest BCUT2D eigenvalue weighted by Crippen LogP contribution is -2.44. The van der Waals surface area contributed by atoms with E-state index in [0.29, 0.717) is 0 Å². The Hall–Kier alpha value is -3.09. The molecule has 0 aliphatic rings. The molecule has 0 fully saturated rings. The lowest BCUT2D eigenvalue weighted by atomic mass is 10.0. The van der Waals surface area contributed by atoms with Crippen molar-refractivity contribution in [3.8, 4) is 34.0 Å². The van der Waals surface area contributed by atoms with Crippen LogP contribution in [0, 0.1) is 5.82 Å². The third kappa shape index (κ3) is 5.77. The molecule has 0 aliphatic carbocycles. The van der Waals surface area contributed by atoms with Crippen LogP contribution in [0.25, 0.3) is 34.0 Å². The Bertz CT molecular complexity index is 1450. The van der Waals surface area contributed by atoms with Gasteiger partial charge < -0.3 is 8.95 Å². The number of hydrogen-bond acceptors (Lipinski definition) is 6. The van der Waals surface area contributed by atoms with E-state index in [2.05, 4.69) is 41.0 Å². The molecule has 4 aromatic rings. The van der Waals surface area contributed by atoms with E-state index in [4.69, 9.17) is 20.6 Å². The minimum atomic E-state index is -4.82. The summed E-state index contributed by atoms with van der Waals surface area (Å²) in [6.45, 7) is 11.8. The Morgan fingerprint density at radius 1 is 1.08 bits per heavy atom. The van der Waals surface area contributed by atoms with Crippen LogP contribution in [0.4, 0.5) is 17.6 Å². The summed E-state index contributed by atoms with van der Waals surface area (Å²) >= 11 is 6.26. The normalized spacial score (nSPS) is 13.6. The van der Waals surface area contributed by atoms with Gasteiger partial charge in [0.05, 0.1) is 40.6 Å². The maximum absolute atomic E-state index is 14.9. The molecule has 0 bridgehead atoms. The Kier molecular flexibility index (Phi) is 7.76. The Labute approximate surface area is 229 Å². The molecule has 0 amide bonds. The van der Waals surface area contributed by atoms with Gasteiger partial charge in [-0.2, -0.15) is 18.3 Å². The van der Waals surface area contributed by atoms with Crippen LogP contribution in [-0.2, 0) is 17.1 Å². The quantitative estimate of drug-likeness (QED) is 0.163. The van der Waals surface area contributed by atoms with Gasteiger partial charge >= 0.3 is 6.18 Å². The second kappa shape index (κ2) is 10.5. The minimum absolute atomic E-state index is 0.00428. The van der Waals surface area contributed by atoms with Crippen LogP contribution in [0.2, 0.25) is 23.2 Å². The number of aromatic nitrogens is 5. The zero-order valence-corrected chi connectivity index (χ0v) is 24.0. The van der Waals surface area contributed by atoms with Crippen molar-refractivity contribution in [3.63, 3.8) is 0 Å². The molecule has 0 saturated carbocycles. The van der Waals surface area contributed by atoms with Gasteiger partial charge in [0.2, 0.25) is 0 Å². The summed E-state index contributed by atoms with van der Waals surface area (Å²) in [7, 11) is -2.26. The van der Waals surface area contributed by atoms with Crippen molar-refractivity contribution in [2.24, 2.45) is 0 Å². The molecule has 39 heavy (non-hydrogen) atoms. The molecule has 1 atom stereocenters. The first-order chi connectivity index (χ1) is 18.1. The average Bonchev–Trinajstić information content (AvgIpc) is 3.42. The van der Waals surface area contributed by atoms with E-state index in [1.807, 2.05) is 13.1 Å². The SMILES string of the molecule is CC(Cn1ncc(-c2onc(-c3c(F)cccc3Cl)c2-c2ncccn2)c1C(F)(F)F)O[Si](C)(C)C(C)(C)C. The highest BCUT2D eigenvalue weighted by Gasteiger charge is 2.43. The van der Waals surface area contributed by atoms with Crippen molar-refractivity contribution in [3.05, 3.63) is 59.4 Å². The Morgan fingerprint density at radius 2 is 1.74 bits per heavy atom. The van der Waals surface area contributed by atoms with Gasteiger partial charge in [-0.15, -0.1) is 0 Å². The van der Waals surface area contributed by atoms with Gasteiger partial charge in [0.25, 0.3) is 0 Å². The van der Waals surface area contributed by atoms with Crippen molar-refractivity contribution in [1.29, 1.82) is 0 Å². The predicted octanol–water partition coefficient (Wildman–Crippen LogP) is 7.88. The summed E-state index contributed by atoms with van der Waals surface area (Å²) in [5.41, 5.74) is -1.77. The third-order valence-corrected chi connectivity index (χ3v) is 11.7. The first kappa shape index (κ1) is 28.9. The molecule has 3 heterocycles. The first-order valence-corrected chi connectivity index (χ1v) is 15.4. The highest BCUT2D eigenvalue weighted by molar-refractivity contribution is 6.74. The van der Waals surface area contributed by atoms with Crippen LogP contribution < -0.4 is 0 Å². The van der Waals surface area contributed by atoms with Gasteiger partial charge in [0.1, 0.15) is 11.5 Å². The van der Waals surface area contributed by atoms with Gasteiger partial charge in [0, 0.05) is 12.4 Å². The van der Waals surface area contributed by atoms with E-state index in [9.17, 15) is 17.6 Å². The van der Waals surface area contributed by atoms with E-state index >= 15 is 0 Å².